The Balaban J connectivity index is 2.70. The van der Waals surface area contributed by atoms with Gasteiger partial charge in [-0.05, 0) is 41.9 Å². The van der Waals surface area contributed by atoms with E-state index in [0.29, 0.717) is 17.0 Å². The van der Waals surface area contributed by atoms with Gasteiger partial charge in [-0.1, -0.05) is 0 Å². The molecule has 5 heteroatoms. The molecule has 0 aliphatic carbocycles. The number of ether oxygens (including phenoxy) is 1. The fourth-order valence-corrected chi connectivity index (χ4v) is 1.53. The molecular weight excluding hydrogens is 262 g/mol. The zero-order chi connectivity index (χ0) is 11.5. The number of furan rings is 1. The van der Waals surface area contributed by atoms with Gasteiger partial charge >= 0.3 is 5.97 Å². The Morgan fingerprint density at radius 2 is 2.33 bits per heavy atom. The highest BCUT2D eigenvalue weighted by molar-refractivity contribution is 9.10. The van der Waals surface area contributed by atoms with Crippen LogP contribution in [-0.2, 0) is 15.1 Å². The molecule has 1 aromatic heterocycles. The highest BCUT2D eigenvalue weighted by Gasteiger charge is 2.28. The number of hydrogen-bond donors (Lipinski definition) is 1. The number of esters is 1. The molecule has 1 rings (SSSR count). The van der Waals surface area contributed by atoms with Crippen molar-refractivity contribution in [3.05, 3.63) is 22.6 Å². The molecule has 1 atom stereocenters. The van der Waals surface area contributed by atoms with Crippen molar-refractivity contribution in [3.63, 3.8) is 0 Å². The molecule has 0 aromatic carbocycles. The van der Waals surface area contributed by atoms with E-state index in [9.17, 15) is 4.79 Å². The molecular formula is C10H14BrNO3. The third-order valence-corrected chi connectivity index (χ3v) is 2.38. The lowest BCUT2D eigenvalue weighted by Gasteiger charge is -2.20. The van der Waals surface area contributed by atoms with Gasteiger partial charge < -0.3 is 14.9 Å². The fourth-order valence-electron chi connectivity index (χ4n) is 1.22. The smallest absolute Gasteiger partial charge is 0.308 e. The maximum Gasteiger partial charge on any atom is 0.308 e. The number of rotatable bonds is 4. The number of hydrogen-bond acceptors (Lipinski definition) is 4. The van der Waals surface area contributed by atoms with Crippen molar-refractivity contribution in [1.82, 2.24) is 0 Å². The molecule has 84 valence electrons. The van der Waals surface area contributed by atoms with Gasteiger partial charge in [-0.2, -0.15) is 0 Å². The highest BCUT2D eigenvalue weighted by Crippen LogP contribution is 2.26. The minimum absolute atomic E-state index is 0.0980. The second-order valence-corrected chi connectivity index (χ2v) is 4.28. The summed E-state index contributed by atoms with van der Waals surface area (Å²) in [6, 6.07) is 3.48. The summed E-state index contributed by atoms with van der Waals surface area (Å²) in [5.41, 5.74) is 5.13. The Labute approximate surface area is 96.9 Å². The first kappa shape index (κ1) is 12.3. The summed E-state index contributed by atoms with van der Waals surface area (Å²) in [6.45, 7) is 3.85. The van der Waals surface area contributed by atoms with Crippen LogP contribution in [0.3, 0.4) is 0 Å². The van der Waals surface area contributed by atoms with E-state index in [4.69, 9.17) is 14.9 Å². The molecule has 0 saturated heterocycles. The van der Waals surface area contributed by atoms with Crippen LogP contribution in [0, 0.1) is 0 Å². The lowest BCUT2D eigenvalue weighted by atomic mass is 9.96. The Morgan fingerprint density at radius 3 is 2.80 bits per heavy atom. The van der Waals surface area contributed by atoms with E-state index >= 15 is 0 Å². The van der Waals surface area contributed by atoms with Gasteiger partial charge in [0.2, 0.25) is 0 Å². The van der Waals surface area contributed by atoms with Crippen LogP contribution in [0.4, 0.5) is 0 Å². The third-order valence-electron chi connectivity index (χ3n) is 1.95. The van der Waals surface area contributed by atoms with Gasteiger partial charge in [0.1, 0.15) is 5.76 Å². The second kappa shape index (κ2) is 4.81. The fraction of sp³-hybridized carbons (Fsp3) is 0.500. The molecule has 15 heavy (non-hydrogen) atoms. The van der Waals surface area contributed by atoms with Crippen molar-refractivity contribution in [2.45, 2.75) is 25.8 Å². The molecule has 1 aromatic rings. The van der Waals surface area contributed by atoms with Crippen molar-refractivity contribution in [2.75, 3.05) is 6.61 Å². The van der Waals surface area contributed by atoms with Gasteiger partial charge in [-0.25, -0.2) is 0 Å². The molecule has 0 fully saturated rings. The van der Waals surface area contributed by atoms with Crippen LogP contribution >= 0.6 is 15.9 Å². The van der Waals surface area contributed by atoms with Crippen LogP contribution in [0.1, 0.15) is 26.0 Å². The summed E-state index contributed by atoms with van der Waals surface area (Å²) in [6.07, 6.45) is 0.0980. The van der Waals surface area contributed by atoms with Crippen LogP contribution in [0.2, 0.25) is 0 Å². The van der Waals surface area contributed by atoms with Gasteiger partial charge in [0.05, 0.1) is 18.6 Å². The van der Waals surface area contributed by atoms with Gasteiger partial charge in [0, 0.05) is 0 Å². The summed E-state index contributed by atoms with van der Waals surface area (Å²) in [4.78, 5) is 11.3. The predicted octanol–water partition coefficient (Wildman–Crippen LogP) is 2.17. The standard InChI is InChI=1S/C10H14BrNO3/c1-3-14-9(13)6-10(2,12)7-4-5-8(11)15-7/h4-5H,3,6,12H2,1-2H3. The van der Waals surface area contributed by atoms with E-state index in [0.717, 1.165) is 0 Å². The quantitative estimate of drug-likeness (QED) is 0.856. The van der Waals surface area contributed by atoms with E-state index < -0.39 is 5.54 Å². The number of halogens is 1. The molecule has 0 radical (unpaired) electrons. The van der Waals surface area contributed by atoms with Crippen molar-refractivity contribution < 1.29 is 13.9 Å². The molecule has 0 aliphatic heterocycles. The average Bonchev–Trinajstić information content (AvgIpc) is 2.51. The lowest BCUT2D eigenvalue weighted by molar-refractivity contribution is -0.144. The van der Waals surface area contributed by atoms with Gasteiger partial charge in [0.15, 0.2) is 4.67 Å². The molecule has 1 unspecified atom stereocenters. The topological polar surface area (TPSA) is 65.5 Å². The third kappa shape index (κ3) is 3.35. The largest absolute Gasteiger partial charge is 0.466 e. The van der Waals surface area contributed by atoms with Crippen LogP contribution in [-0.4, -0.2) is 12.6 Å². The van der Waals surface area contributed by atoms with Gasteiger partial charge in [0.25, 0.3) is 0 Å². The molecule has 0 spiro atoms. The summed E-state index contributed by atoms with van der Waals surface area (Å²) >= 11 is 3.18. The minimum Gasteiger partial charge on any atom is -0.466 e. The number of carbonyl (C=O) groups excluding carboxylic acids is 1. The van der Waals surface area contributed by atoms with Crippen molar-refractivity contribution in [3.8, 4) is 0 Å². The molecule has 0 bridgehead atoms. The average molecular weight is 276 g/mol. The predicted molar refractivity (Wildman–Crippen MR) is 59.2 cm³/mol. The minimum atomic E-state index is -0.835. The zero-order valence-corrected chi connectivity index (χ0v) is 10.3. The highest BCUT2D eigenvalue weighted by atomic mass is 79.9. The molecule has 2 N–H and O–H groups in total. The summed E-state index contributed by atoms with van der Waals surface area (Å²) < 4.78 is 10.7. The monoisotopic (exact) mass is 275 g/mol. The maximum atomic E-state index is 11.3. The molecule has 0 aliphatic rings. The van der Waals surface area contributed by atoms with Crippen LogP contribution in [0.5, 0.6) is 0 Å². The normalized spacial score (nSPS) is 14.7. The first-order valence-corrected chi connectivity index (χ1v) is 5.45. The van der Waals surface area contributed by atoms with Crippen LogP contribution < -0.4 is 5.73 Å². The first-order valence-electron chi connectivity index (χ1n) is 4.66. The maximum absolute atomic E-state index is 11.3. The van der Waals surface area contributed by atoms with Gasteiger partial charge in [-0.15, -0.1) is 0 Å². The first-order chi connectivity index (χ1) is 6.95. The molecule has 0 amide bonds. The van der Waals surface area contributed by atoms with E-state index in [1.165, 1.54) is 0 Å². The van der Waals surface area contributed by atoms with Crippen LogP contribution in [0.25, 0.3) is 0 Å². The van der Waals surface area contributed by atoms with Crippen molar-refractivity contribution >= 4 is 21.9 Å². The lowest BCUT2D eigenvalue weighted by Crippen LogP contribution is -2.35. The Hall–Kier alpha value is -0.810. The van der Waals surface area contributed by atoms with E-state index in [-0.39, 0.29) is 12.4 Å². The molecule has 1 heterocycles. The Bertz CT molecular complexity index is 346. The number of nitrogens with two attached hydrogens (primary N) is 1. The zero-order valence-electron chi connectivity index (χ0n) is 8.75. The summed E-state index contributed by atoms with van der Waals surface area (Å²) in [5, 5.41) is 0. The summed E-state index contributed by atoms with van der Waals surface area (Å²) in [7, 11) is 0. The SMILES string of the molecule is CCOC(=O)CC(C)(N)c1ccc(Br)o1. The van der Waals surface area contributed by atoms with E-state index in [2.05, 4.69) is 15.9 Å². The van der Waals surface area contributed by atoms with E-state index in [1.54, 1.807) is 26.0 Å². The Morgan fingerprint density at radius 1 is 1.67 bits per heavy atom. The van der Waals surface area contributed by atoms with E-state index in [1.807, 2.05) is 0 Å². The van der Waals surface area contributed by atoms with Gasteiger partial charge in [-0.3, -0.25) is 4.79 Å². The van der Waals surface area contributed by atoms with Crippen LogP contribution in [0.15, 0.2) is 21.2 Å². The Kier molecular flexibility index (Phi) is 3.93. The summed E-state index contributed by atoms with van der Waals surface area (Å²) in [5.74, 6) is 0.234. The molecule has 0 saturated carbocycles. The second-order valence-electron chi connectivity index (χ2n) is 3.50. The van der Waals surface area contributed by atoms with Crippen molar-refractivity contribution in [2.24, 2.45) is 5.73 Å². The number of carbonyl (C=O) groups is 1. The molecule has 4 nitrogen and oxygen atoms in total. The van der Waals surface area contributed by atoms with Crippen molar-refractivity contribution in [1.29, 1.82) is 0 Å².